The normalized spacial score (nSPS) is 9.72. The summed E-state index contributed by atoms with van der Waals surface area (Å²) in [7, 11) is 0. The van der Waals surface area contributed by atoms with Crippen LogP contribution in [0.1, 0.15) is 11.1 Å². The average Bonchev–Trinajstić information content (AvgIpc) is 2.42. The fraction of sp³-hybridized carbons (Fsp3) is 0.143. The van der Waals surface area contributed by atoms with Gasteiger partial charge >= 0.3 is 0 Å². The SMILES string of the molecule is N#Cc1cccc(NCCc2cccnc2)c1N. The van der Waals surface area contributed by atoms with Crippen molar-refractivity contribution < 1.29 is 0 Å². The van der Waals surface area contributed by atoms with Crippen molar-refractivity contribution in [3.05, 3.63) is 53.9 Å². The first-order valence-electron chi connectivity index (χ1n) is 5.72. The van der Waals surface area contributed by atoms with Gasteiger partial charge in [-0.1, -0.05) is 12.1 Å². The molecule has 1 aromatic carbocycles. The third-order valence-electron chi connectivity index (χ3n) is 2.68. The number of nitrogens with zero attached hydrogens (tertiary/aromatic N) is 2. The summed E-state index contributed by atoms with van der Waals surface area (Å²) in [6, 6.07) is 11.4. The Morgan fingerprint density at radius 2 is 2.17 bits per heavy atom. The minimum atomic E-state index is 0.501. The summed E-state index contributed by atoms with van der Waals surface area (Å²) < 4.78 is 0. The number of nitriles is 1. The van der Waals surface area contributed by atoms with Crippen LogP contribution in [-0.2, 0) is 6.42 Å². The molecule has 0 saturated carbocycles. The highest BCUT2D eigenvalue weighted by Gasteiger charge is 2.03. The highest BCUT2D eigenvalue weighted by Crippen LogP contribution is 2.21. The zero-order chi connectivity index (χ0) is 12.8. The number of nitrogens with one attached hydrogen (secondary N) is 1. The summed E-state index contributed by atoms with van der Waals surface area (Å²) in [6.07, 6.45) is 4.46. The van der Waals surface area contributed by atoms with Gasteiger partial charge in [0.15, 0.2) is 0 Å². The first-order valence-corrected chi connectivity index (χ1v) is 5.72. The molecule has 4 heteroatoms. The van der Waals surface area contributed by atoms with E-state index in [1.165, 1.54) is 5.56 Å². The molecule has 0 spiro atoms. The van der Waals surface area contributed by atoms with E-state index in [4.69, 9.17) is 11.0 Å². The van der Waals surface area contributed by atoms with E-state index in [1.54, 1.807) is 12.3 Å². The number of para-hydroxylation sites is 1. The standard InChI is InChI=1S/C14H14N4/c15-9-12-4-1-5-13(14(12)16)18-8-6-11-3-2-7-17-10-11/h1-5,7,10,18H,6,8,16H2. The molecule has 0 fully saturated rings. The molecule has 0 unspecified atom stereocenters. The predicted molar refractivity (Wildman–Crippen MR) is 72.0 cm³/mol. The fourth-order valence-corrected chi connectivity index (χ4v) is 1.70. The lowest BCUT2D eigenvalue weighted by atomic mass is 10.1. The number of hydrogen-bond donors (Lipinski definition) is 2. The van der Waals surface area contributed by atoms with E-state index in [-0.39, 0.29) is 0 Å². The molecule has 4 nitrogen and oxygen atoms in total. The van der Waals surface area contributed by atoms with Crippen molar-refractivity contribution in [2.45, 2.75) is 6.42 Å². The molecule has 2 rings (SSSR count). The van der Waals surface area contributed by atoms with Gasteiger partial charge in [-0.05, 0) is 30.2 Å². The molecule has 0 aliphatic carbocycles. The summed E-state index contributed by atoms with van der Waals surface area (Å²) in [5.41, 5.74) is 8.85. The van der Waals surface area contributed by atoms with Gasteiger partial charge in [-0.25, -0.2) is 0 Å². The monoisotopic (exact) mass is 238 g/mol. The van der Waals surface area contributed by atoms with Gasteiger partial charge < -0.3 is 11.1 Å². The first kappa shape index (κ1) is 11.9. The van der Waals surface area contributed by atoms with Gasteiger partial charge in [-0.15, -0.1) is 0 Å². The maximum atomic E-state index is 8.88. The van der Waals surface area contributed by atoms with Crippen molar-refractivity contribution in [3.8, 4) is 6.07 Å². The zero-order valence-electron chi connectivity index (χ0n) is 9.93. The molecular weight excluding hydrogens is 224 g/mol. The minimum Gasteiger partial charge on any atom is -0.396 e. The molecule has 3 N–H and O–H groups in total. The van der Waals surface area contributed by atoms with Crippen molar-refractivity contribution in [2.75, 3.05) is 17.6 Å². The Bertz CT molecular complexity index is 558. The van der Waals surface area contributed by atoms with E-state index in [2.05, 4.69) is 16.4 Å². The molecule has 0 amide bonds. The molecule has 0 aliphatic heterocycles. The Hall–Kier alpha value is -2.54. The van der Waals surface area contributed by atoms with Crippen molar-refractivity contribution in [1.82, 2.24) is 4.98 Å². The smallest absolute Gasteiger partial charge is 0.101 e. The minimum absolute atomic E-state index is 0.501. The quantitative estimate of drug-likeness (QED) is 0.801. The summed E-state index contributed by atoms with van der Waals surface area (Å²) >= 11 is 0. The second kappa shape index (κ2) is 5.69. The Morgan fingerprint density at radius 3 is 2.89 bits per heavy atom. The van der Waals surface area contributed by atoms with Gasteiger partial charge in [-0.3, -0.25) is 4.98 Å². The van der Waals surface area contributed by atoms with Gasteiger partial charge in [0.2, 0.25) is 0 Å². The molecule has 0 bridgehead atoms. The van der Waals surface area contributed by atoms with Crippen LogP contribution < -0.4 is 11.1 Å². The second-order valence-electron chi connectivity index (χ2n) is 3.92. The van der Waals surface area contributed by atoms with E-state index >= 15 is 0 Å². The maximum absolute atomic E-state index is 8.88. The average molecular weight is 238 g/mol. The zero-order valence-corrected chi connectivity index (χ0v) is 9.93. The van der Waals surface area contributed by atoms with Crippen LogP contribution in [0.3, 0.4) is 0 Å². The first-order chi connectivity index (χ1) is 8.81. The molecule has 1 aromatic heterocycles. The third kappa shape index (κ3) is 2.77. The predicted octanol–water partition coefficient (Wildman–Crippen LogP) is 2.19. The lowest BCUT2D eigenvalue weighted by Crippen LogP contribution is -2.07. The molecule has 0 radical (unpaired) electrons. The highest BCUT2D eigenvalue weighted by atomic mass is 14.9. The largest absolute Gasteiger partial charge is 0.396 e. The number of benzene rings is 1. The van der Waals surface area contributed by atoms with Crippen LogP contribution >= 0.6 is 0 Å². The Morgan fingerprint density at radius 1 is 1.28 bits per heavy atom. The summed E-state index contributed by atoms with van der Waals surface area (Å²) in [5, 5.41) is 12.1. The van der Waals surface area contributed by atoms with Crippen molar-refractivity contribution in [1.29, 1.82) is 5.26 Å². The second-order valence-corrected chi connectivity index (χ2v) is 3.92. The third-order valence-corrected chi connectivity index (χ3v) is 2.68. The molecular formula is C14H14N4. The van der Waals surface area contributed by atoms with Crippen molar-refractivity contribution >= 4 is 11.4 Å². The number of anilines is 2. The van der Waals surface area contributed by atoms with Crippen LogP contribution in [0.5, 0.6) is 0 Å². The summed E-state index contributed by atoms with van der Waals surface area (Å²) in [4.78, 5) is 4.06. The Kier molecular flexibility index (Phi) is 3.77. The van der Waals surface area contributed by atoms with Crippen LogP contribution in [-0.4, -0.2) is 11.5 Å². The van der Waals surface area contributed by atoms with Gasteiger partial charge in [-0.2, -0.15) is 5.26 Å². The maximum Gasteiger partial charge on any atom is 0.101 e. The summed E-state index contributed by atoms with van der Waals surface area (Å²) in [6.45, 7) is 0.755. The van der Waals surface area contributed by atoms with Gasteiger partial charge in [0, 0.05) is 18.9 Å². The van der Waals surface area contributed by atoms with E-state index in [9.17, 15) is 0 Å². The van der Waals surface area contributed by atoms with Gasteiger partial charge in [0.05, 0.1) is 16.9 Å². The van der Waals surface area contributed by atoms with E-state index < -0.39 is 0 Å². The summed E-state index contributed by atoms with van der Waals surface area (Å²) in [5.74, 6) is 0. The van der Waals surface area contributed by atoms with Crippen LogP contribution in [0.2, 0.25) is 0 Å². The fourth-order valence-electron chi connectivity index (χ4n) is 1.70. The van der Waals surface area contributed by atoms with Crippen LogP contribution in [0, 0.1) is 11.3 Å². The van der Waals surface area contributed by atoms with Crippen molar-refractivity contribution in [2.24, 2.45) is 0 Å². The molecule has 18 heavy (non-hydrogen) atoms. The van der Waals surface area contributed by atoms with Gasteiger partial charge in [0.25, 0.3) is 0 Å². The van der Waals surface area contributed by atoms with Crippen LogP contribution in [0.4, 0.5) is 11.4 Å². The number of aromatic nitrogens is 1. The Labute approximate surface area is 106 Å². The van der Waals surface area contributed by atoms with Crippen molar-refractivity contribution in [3.63, 3.8) is 0 Å². The topological polar surface area (TPSA) is 74.7 Å². The highest BCUT2D eigenvalue weighted by molar-refractivity contribution is 5.72. The van der Waals surface area contributed by atoms with E-state index in [0.717, 1.165) is 18.7 Å². The van der Waals surface area contributed by atoms with Crippen LogP contribution in [0.25, 0.3) is 0 Å². The lowest BCUT2D eigenvalue weighted by Gasteiger charge is -2.09. The molecule has 1 heterocycles. The molecule has 0 saturated heterocycles. The van der Waals surface area contributed by atoms with E-state index in [1.807, 2.05) is 30.5 Å². The molecule has 2 aromatic rings. The van der Waals surface area contributed by atoms with Gasteiger partial charge in [0.1, 0.15) is 6.07 Å². The van der Waals surface area contributed by atoms with E-state index in [0.29, 0.717) is 11.3 Å². The number of rotatable bonds is 4. The number of nitrogens with two attached hydrogens (primary N) is 1. The molecule has 90 valence electrons. The number of hydrogen-bond acceptors (Lipinski definition) is 4. The van der Waals surface area contributed by atoms with Crippen LogP contribution in [0.15, 0.2) is 42.7 Å². The number of nitrogen functional groups attached to an aromatic ring is 1. The molecule has 0 aliphatic rings. The number of pyridine rings is 1. The lowest BCUT2D eigenvalue weighted by molar-refractivity contribution is 1.01. The molecule has 0 atom stereocenters. The Balaban J connectivity index is 1.97.